The van der Waals surface area contributed by atoms with E-state index in [-0.39, 0.29) is 21.3 Å². The van der Waals surface area contributed by atoms with Gasteiger partial charge in [0, 0.05) is 12.2 Å². The van der Waals surface area contributed by atoms with Gasteiger partial charge in [0.1, 0.15) is 11.5 Å². The van der Waals surface area contributed by atoms with E-state index in [1.165, 1.54) is 48.5 Å². The van der Waals surface area contributed by atoms with Gasteiger partial charge in [0.25, 0.3) is 0 Å². The zero-order valence-corrected chi connectivity index (χ0v) is 13.9. The number of hydrogen-bond donors (Lipinski definition) is 0. The first-order chi connectivity index (χ1) is 11.9. The van der Waals surface area contributed by atoms with Gasteiger partial charge in [-0.1, -0.05) is 25.3 Å². The summed E-state index contributed by atoms with van der Waals surface area (Å²) in [6.07, 6.45) is 1.94. The molecule has 0 aliphatic rings. The van der Waals surface area contributed by atoms with Crippen LogP contribution in [-0.4, -0.2) is 20.4 Å². The molecule has 2 rings (SSSR count). The van der Waals surface area contributed by atoms with Gasteiger partial charge in [-0.2, -0.15) is 0 Å². The molecule has 0 spiro atoms. The standard InChI is InChI=1S/C18H14O6S/c1-3-17(19)23-13-7-5-9-15(11-13)25(21,22)16-10-6-8-14(12-16)24-18(20)4-2/h3-12H,1-2H2. The fourth-order valence-corrected chi connectivity index (χ4v) is 3.19. The first-order valence-corrected chi connectivity index (χ1v) is 8.49. The minimum absolute atomic E-state index is 0.0696. The Morgan fingerprint density at radius 3 is 1.56 bits per heavy atom. The molecule has 0 N–H and O–H groups in total. The Labute approximate surface area is 144 Å². The van der Waals surface area contributed by atoms with E-state index in [0.717, 1.165) is 12.2 Å². The van der Waals surface area contributed by atoms with Crippen LogP contribution >= 0.6 is 0 Å². The predicted molar refractivity (Wildman–Crippen MR) is 90.0 cm³/mol. The Hall–Kier alpha value is -3.19. The number of hydrogen-bond acceptors (Lipinski definition) is 6. The maximum atomic E-state index is 12.7. The van der Waals surface area contributed by atoms with Crippen LogP contribution in [0.4, 0.5) is 0 Å². The molecule has 2 aromatic rings. The van der Waals surface area contributed by atoms with Crippen molar-refractivity contribution in [2.24, 2.45) is 0 Å². The van der Waals surface area contributed by atoms with Crippen molar-refractivity contribution < 1.29 is 27.5 Å². The molecule has 0 fully saturated rings. The molecule has 0 aliphatic carbocycles. The number of ether oxygens (including phenoxy) is 2. The Bertz CT molecular complexity index is 872. The fraction of sp³-hybridized carbons (Fsp3) is 0. The first-order valence-electron chi connectivity index (χ1n) is 7.00. The Balaban J connectivity index is 2.38. The predicted octanol–water partition coefficient (Wildman–Crippen LogP) is 2.70. The van der Waals surface area contributed by atoms with Gasteiger partial charge in [0.05, 0.1) is 9.79 Å². The molecule has 0 amide bonds. The average molecular weight is 358 g/mol. The molecule has 0 atom stereocenters. The van der Waals surface area contributed by atoms with Crippen LogP contribution in [0.2, 0.25) is 0 Å². The van der Waals surface area contributed by atoms with Crippen LogP contribution in [0.25, 0.3) is 0 Å². The second-order valence-electron chi connectivity index (χ2n) is 4.70. The van der Waals surface area contributed by atoms with E-state index in [4.69, 9.17) is 9.47 Å². The van der Waals surface area contributed by atoms with Gasteiger partial charge in [-0.05, 0) is 36.4 Å². The van der Waals surface area contributed by atoms with E-state index in [0.29, 0.717) is 0 Å². The van der Waals surface area contributed by atoms with Crippen molar-refractivity contribution in [3.05, 3.63) is 73.8 Å². The molecule has 128 valence electrons. The molecule has 0 radical (unpaired) electrons. The summed E-state index contributed by atoms with van der Waals surface area (Å²) < 4.78 is 35.3. The molecule has 6 nitrogen and oxygen atoms in total. The van der Waals surface area contributed by atoms with E-state index >= 15 is 0 Å². The summed E-state index contributed by atoms with van der Waals surface area (Å²) in [5.74, 6) is -1.26. The molecule has 0 aromatic heterocycles. The highest BCUT2D eigenvalue weighted by Gasteiger charge is 2.19. The van der Waals surface area contributed by atoms with E-state index < -0.39 is 21.8 Å². The molecule has 0 saturated heterocycles. The van der Waals surface area contributed by atoms with Gasteiger partial charge in [-0.3, -0.25) is 0 Å². The molecule has 0 aliphatic heterocycles. The summed E-state index contributed by atoms with van der Waals surface area (Å²) in [6, 6.07) is 11.0. The van der Waals surface area contributed by atoms with Crippen LogP contribution in [0.3, 0.4) is 0 Å². The van der Waals surface area contributed by atoms with Gasteiger partial charge in [-0.15, -0.1) is 0 Å². The summed E-state index contributed by atoms with van der Waals surface area (Å²) in [5, 5.41) is 0. The van der Waals surface area contributed by atoms with Gasteiger partial charge < -0.3 is 9.47 Å². The Morgan fingerprint density at radius 2 is 1.20 bits per heavy atom. The quantitative estimate of drug-likeness (QED) is 0.448. The van der Waals surface area contributed by atoms with Crippen LogP contribution < -0.4 is 9.47 Å². The minimum atomic E-state index is -3.90. The van der Waals surface area contributed by atoms with E-state index in [1.54, 1.807) is 0 Å². The van der Waals surface area contributed by atoms with Crippen molar-refractivity contribution in [3.8, 4) is 11.5 Å². The molecule has 0 bridgehead atoms. The second kappa shape index (κ2) is 7.59. The first kappa shape index (κ1) is 18.2. The third kappa shape index (κ3) is 4.42. The van der Waals surface area contributed by atoms with Crippen LogP contribution in [0.5, 0.6) is 11.5 Å². The van der Waals surface area contributed by atoms with Gasteiger partial charge in [0.2, 0.25) is 9.84 Å². The Morgan fingerprint density at radius 1 is 0.800 bits per heavy atom. The number of esters is 2. The summed E-state index contributed by atoms with van der Waals surface area (Å²) in [5.41, 5.74) is 0. The number of sulfone groups is 1. The molecule has 2 aromatic carbocycles. The third-order valence-electron chi connectivity index (χ3n) is 3.00. The maximum Gasteiger partial charge on any atom is 0.335 e. The number of rotatable bonds is 6. The normalized spacial score (nSPS) is 10.6. The van der Waals surface area contributed by atoms with Gasteiger partial charge >= 0.3 is 11.9 Å². The van der Waals surface area contributed by atoms with Crippen LogP contribution in [-0.2, 0) is 19.4 Å². The lowest BCUT2D eigenvalue weighted by molar-refractivity contribution is -0.129. The van der Waals surface area contributed by atoms with E-state index in [9.17, 15) is 18.0 Å². The molecule has 25 heavy (non-hydrogen) atoms. The summed E-state index contributed by atoms with van der Waals surface area (Å²) >= 11 is 0. The van der Waals surface area contributed by atoms with E-state index in [1.807, 2.05) is 0 Å². The molecular weight excluding hydrogens is 344 g/mol. The van der Waals surface area contributed by atoms with Gasteiger partial charge in [0.15, 0.2) is 0 Å². The number of benzene rings is 2. The topological polar surface area (TPSA) is 86.7 Å². The van der Waals surface area contributed by atoms with Crippen molar-refractivity contribution in [2.45, 2.75) is 9.79 Å². The lowest BCUT2D eigenvalue weighted by Gasteiger charge is -2.08. The zero-order valence-electron chi connectivity index (χ0n) is 13.0. The average Bonchev–Trinajstić information content (AvgIpc) is 2.62. The van der Waals surface area contributed by atoms with Crippen molar-refractivity contribution >= 4 is 21.8 Å². The SMILES string of the molecule is C=CC(=O)Oc1cccc(S(=O)(=O)c2cccc(OC(=O)C=C)c2)c1. The highest BCUT2D eigenvalue weighted by Crippen LogP contribution is 2.27. The molecule has 0 saturated carbocycles. The molecular formula is C18H14O6S. The molecule has 0 heterocycles. The van der Waals surface area contributed by atoms with Crippen molar-refractivity contribution in [3.63, 3.8) is 0 Å². The summed E-state index contributed by atoms with van der Waals surface area (Å²) in [7, 11) is -3.90. The summed E-state index contributed by atoms with van der Waals surface area (Å²) in [4.78, 5) is 22.3. The maximum absolute atomic E-state index is 12.7. The van der Waals surface area contributed by atoms with E-state index in [2.05, 4.69) is 13.2 Å². The minimum Gasteiger partial charge on any atom is -0.423 e. The van der Waals surface area contributed by atoms with Crippen LogP contribution in [0.1, 0.15) is 0 Å². The molecule has 7 heteroatoms. The van der Waals surface area contributed by atoms with Gasteiger partial charge in [-0.25, -0.2) is 18.0 Å². The van der Waals surface area contributed by atoms with Crippen LogP contribution in [0, 0.1) is 0 Å². The highest BCUT2D eigenvalue weighted by molar-refractivity contribution is 7.91. The van der Waals surface area contributed by atoms with Crippen molar-refractivity contribution in [1.82, 2.24) is 0 Å². The summed E-state index contributed by atoms with van der Waals surface area (Å²) in [6.45, 7) is 6.55. The number of carbonyl (C=O) groups excluding carboxylic acids is 2. The lowest BCUT2D eigenvalue weighted by Crippen LogP contribution is -2.07. The largest absolute Gasteiger partial charge is 0.423 e. The lowest BCUT2D eigenvalue weighted by atomic mass is 10.3. The smallest absolute Gasteiger partial charge is 0.335 e. The molecule has 0 unspecified atom stereocenters. The third-order valence-corrected chi connectivity index (χ3v) is 4.75. The Kier molecular flexibility index (Phi) is 5.51. The van der Waals surface area contributed by atoms with Crippen molar-refractivity contribution in [1.29, 1.82) is 0 Å². The van der Waals surface area contributed by atoms with Crippen molar-refractivity contribution in [2.75, 3.05) is 0 Å². The van der Waals surface area contributed by atoms with Crippen LogP contribution in [0.15, 0.2) is 83.6 Å². The second-order valence-corrected chi connectivity index (χ2v) is 6.65. The fourth-order valence-electron chi connectivity index (χ4n) is 1.86. The monoisotopic (exact) mass is 358 g/mol. The number of carbonyl (C=O) groups is 2. The highest BCUT2D eigenvalue weighted by atomic mass is 32.2. The zero-order chi connectivity index (χ0) is 18.4.